The predicted octanol–water partition coefficient (Wildman–Crippen LogP) is 1.16. The van der Waals surface area contributed by atoms with Gasteiger partial charge in [0.1, 0.15) is 6.33 Å². The van der Waals surface area contributed by atoms with E-state index in [1.807, 2.05) is 6.33 Å². The highest BCUT2D eigenvalue weighted by Crippen LogP contribution is 2.56. The zero-order valence-electron chi connectivity index (χ0n) is 12.0. The molecule has 2 aromatic rings. The van der Waals surface area contributed by atoms with Crippen LogP contribution in [0, 0.1) is 5.92 Å². The summed E-state index contributed by atoms with van der Waals surface area (Å²) in [4.78, 5) is 2.39. The standard InChI is InChI=1S/C16H19N5/c1-3-14(20-5-6-21-11-18-19-15(21)9-20)4-2-12(1)16-7-13(16)8-17-10-16/h1-4,11,13,17H,5-10H2. The van der Waals surface area contributed by atoms with E-state index in [9.17, 15) is 0 Å². The van der Waals surface area contributed by atoms with Crippen LogP contribution in [-0.4, -0.2) is 34.4 Å². The van der Waals surface area contributed by atoms with Crippen LogP contribution in [0.5, 0.6) is 0 Å². The average molecular weight is 281 g/mol. The molecule has 0 spiro atoms. The van der Waals surface area contributed by atoms with E-state index in [2.05, 4.69) is 49.2 Å². The third-order valence-corrected chi connectivity index (χ3v) is 5.51. The molecule has 3 aliphatic rings. The maximum Gasteiger partial charge on any atom is 0.152 e. The molecule has 108 valence electrons. The topological polar surface area (TPSA) is 46.0 Å². The van der Waals surface area contributed by atoms with E-state index in [1.54, 1.807) is 0 Å². The first-order valence-electron chi connectivity index (χ1n) is 7.78. The minimum atomic E-state index is 0.459. The van der Waals surface area contributed by atoms with Crippen molar-refractivity contribution in [3.63, 3.8) is 0 Å². The van der Waals surface area contributed by atoms with Gasteiger partial charge in [-0.2, -0.15) is 0 Å². The van der Waals surface area contributed by atoms with Crippen molar-refractivity contribution in [1.82, 2.24) is 20.1 Å². The molecule has 1 saturated heterocycles. The van der Waals surface area contributed by atoms with Gasteiger partial charge in [0.15, 0.2) is 5.82 Å². The molecule has 5 heteroatoms. The Labute approximate surface area is 124 Å². The molecule has 5 nitrogen and oxygen atoms in total. The van der Waals surface area contributed by atoms with Gasteiger partial charge in [-0.1, -0.05) is 12.1 Å². The van der Waals surface area contributed by atoms with Gasteiger partial charge in [-0.05, 0) is 36.6 Å². The summed E-state index contributed by atoms with van der Waals surface area (Å²) in [6.07, 6.45) is 3.20. The fraction of sp³-hybridized carbons (Fsp3) is 0.500. The molecule has 5 rings (SSSR count). The molecule has 1 aliphatic carbocycles. The number of hydrogen-bond acceptors (Lipinski definition) is 4. The van der Waals surface area contributed by atoms with Crippen molar-refractivity contribution in [2.75, 3.05) is 24.5 Å². The zero-order chi connectivity index (χ0) is 13.9. The molecule has 1 aromatic carbocycles. The van der Waals surface area contributed by atoms with Gasteiger partial charge in [-0.25, -0.2) is 0 Å². The number of nitrogens with one attached hydrogen (secondary N) is 1. The summed E-state index contributed by atoms with van der Waals surface area (Å²) >= 11 is 0. The van der Waals surface area contributed by atoms with E-state index in [0.29, 0.717) is 5.41 Å². The number of anilines is 1. The van der Waals surface area contributed by atoms with E-state index in [4.69, 9.17) is 0 Å². The lowest BCUT2D eigenvalue weighted by Gasteiger charge is -2.29. The second-order valence-corrected chi connectivity index (χ2v) is 6.60. The minimum absolute atomic E-state index is 0.459. The Morgan fingerprint density at radius 3 is 2.86 bits per heavy atom. The molecule has 1 aromatic heterocycles. The quantitative estimate of drug-likeness (QED) is 0.897. The summed E-state index contributed by atoms with van der Waals surface area (Å²) < 4.78 is 2.14. The molecule has 2 unspecified atom stereocenters. The highest BCUT2D eigenvalue weighted by Gasteiger charge is 2.57. The van der Waals surface area contributed by atoms with Crippen molar-refractivity contribution in [1.29, 1.82) is 0 Å². The van der Waals surface area contributed by atoms with Crippen LogP contribution in [-0.2, 0) is 18.5 Å². The molecule has 1 N–H and O–H groups in total. The fourth-order valence-corrected chi connectivity index (χ4v) is 4.08. The van der Waals surface area contributed by atoms with Crippen LogP contribution in [0.1, 0.15) is 17.8 Å². The summed E-state index contributed by atoms with van der Waals surface area (Å²) in [5.41, 5.74) is 3.27. The minimum Gasteiger partial charge on any atom is -0.362 e. The Balaban J connectivity index is 1.39. The normalized spacial score (nSPS) is 30.1. The van der Waals surface area contributed by atoms with Crippen LogP contribution >= 0.6 is 0 Å². The van der Waals surface area contributed by atoms with E-state index in [1.165, 1.54) is 24.2 Å². The molecular weight excluding hydrogens is 262 g/mol. The molecule has 2 fully saturated rings. The van der Waals surface area contributed by atoms with Crippen LogP contribution in [0.4, 0.5) is 5.69 Å². The summed E-state index contributed by atoms with van der Waals surface area (Å²) in [5.74, 6) is 1.93. The van der Waals surface area contributed by atoms with Gasteiger partial charge < -0.3 is 14.8 Å². The van der Waals surface area contributed by atoms with Gasteiger partial charge in [-0.3, -0.25) is 0 Å². The Bertz CT molecular complexity index is 676. The van der Waals surface area contributed by atoms with E-state index < -0.39 is 0 Å². The van der Waals surface area contributed by atoms with Crippen LogP contribution in [0.3, 0.4) is 0 Å². The molecular formula is C16H19N5. The molecule has 1 saturated carbocycles. The number of rotatable bonds is 2. The number of hydrogen-bond donors (Lipinski definition) is 1. The van der Waals surface area contributed by atoms with Crippen LogP contribution in [0.2, 0.25) is 0 Å². The first-order chi connectivity index (χ1) is 10.4. The largest absolute Gasteiger partial charge is 0.362 e. The summed E-state index contributed by atoms with van der Waals surface area (Å²) in [6, 6.07) is 9.23. The lowest BCUT2D eigenvalue weighted by molar-refractivity contribution is 0.560. The third-order valence-electron chi connectivity index (χ3n) is 5.51. The summed E-state index contributed by atoms with van der Waals surface area (Å²) in [7, 11) is 0. The Kier molecular flexibility index (Phi) is 2.28. The van der Waals surface area contributed by atoms with Crippen LogP contribution in [0.25, 0.3) is 0 Å². The number of benzene rings is 1. The predicted molar refractivity (Wildman–Crippen MR) is 80.2 cm³/mol. The van der Waals surface area contributed by atoms with E-state index in [-0.39, 0.29) is 0 Å². The van der Waals surface area contributed by atoms with Crippen LogP contribution in [0.15, 0.2) is 30.6 Å². The Morgan fingerprint density at radius 1 is 1.19 bits per heavy atom. The molecule has 2 atom stereocenters. The molecule has 0 amide bonds. The molecule has 3 heterocycles. The lowest BCUT2D eigenvalue weighted by atomic mass is 9.95. The van der Waals surface area contributed by atoms with E-state index >= 15 is 0 Å². The Morgan fingerprint density at radius 2 is 2.10 bits per heavy atom. The maximum atomic E-state index is 4.19. The van der Waals surface area contributed by atoms with Crippen molar-refractivity contribution in [2.24, 2.45) is 5.92 Å². The van der Waals surface area contributed by atoms with Crippen LogP contribution < -0.4 is 10.2 Å². The second-order valence-electron chi connectivity index (χ2n) is 6.60. The molecule has 0 bridgehead atoms. The number of fused-ring (bicyclic) bond motifs is 2. The van der Waals surface area contributed by atoms with Gasteiger partial charge in [0.25, 0.3) is 0 Å². The summed E-state index contributed by atoms with van der Waals surface area (Å²) in [6.45, 7) is 5.21. The van der Waals surface area contributed by atoms with E-state index in [0.717, 1.165) is 37.9 Å². The van der Waals surface area contributed by atoms with Gasteiger partial charge in [0.05, 0.1) is 6.54 Å². The van der Waals surface area contributed by atoms with Crippen molar-refractivity contribution >= 4 is 5.69 Å². The second kappa shape index (κ2) is 4.07. The third kappa shape index (κ3) is 1.67. The number of nitrogens with zero attached hydrogens (tertiary/aromatic N) is 4. The van der Waals surface area contributed by atoms with Crippen molar-refractivity contribution in [3.05, 3.63) is 42.0 Å². The Hall–Kier alpha value is -1.88. The van der Waals surface area contributed by atoms with Gasteiger partial charge in [-0.15, -0.1) is 10.2 Å². The smallest absolute Gasteiger partial charge is 0.152 e. The van der Waals surface area contributed by atoms with Gasteiger partial charge in [0.2, 0.25) is 0 Å². The SMILES string of the molecule is c1cc(C23CNCC2C3)ccc1N1CCn2cnnc2C1. The molecule has 21 heavy (non-hydrogen) atoms. The van der Waals surface area contributed by atoms with Crippen molar-refractivity contribution < 1.29 is 0 Å². The number of aromatic nitrogens is 3. The fourth-order valence-electron chi connectivity index (χ4n) is 4.08. The number of piperidine rings is 1. The molecule has 2 aliphatic heterocycles. The molecule has 0 radical (unpaired) electrons. The van der Waals surface area contributed by atoms with Gasteiger partial charge in [0, 0.05) is 30.7 Å². The zero-order valence-corrected chi connectivity index (χ0v) is 12.0. The van der Waals surface area contributed by atoms with Crippen molar-refractivity contribution in [3.8, 4) is 0 Å². The summed E-state index contributed by atoms with van der Waals surface area (Å²) in [5, 5.41) is 11.7. The average Bonchev–Trinajstić information content (AvgIpc) is 2.90. The van der Waals surface area contributed by atoms with Gasteiger partial charge >= 0.3 is 0 Å². The first kappa shape index (κ1) is 11.7. The highest BCUT2D eigenvalue weighted by molar-refractivity contribution is 5.51. The maximum absolute atomic E-state index is 4.19. The first-order valence-corrected chi connectivity index (χ1v) is 7.78. The van der Waals surface area contributed by atoms with Crippen molar-refractivity contribution in [2.45, 2.75) is 24.9 Å². The monoisotopic (exact) mass is 281 g/mol. The highest BCUT2D eigenvalue weighted by atomic mass is 15.3. The lowest BCUT2D eigenvalue weighted by Crippen LogP contribution is -2.33.